The number of benzene rings is 3. The molecule has 0 saturated heterocycles. The van der Waals surface area contributed by atoms with E-state index in [-0.39, 0.29) is 9.41 Å². The Balaban J connectivity index is 0.000000691. The van der Waals surface area contributed by atoms with Crippen LogP contribution in [0.15, 0.2) is 91.0 Å². The summed E-state index contributed by atoms with van der Waals surface area (Å²) >= 11 is 0. The SMILES string of the molecule is CCCC[N+](CCCC)(CCCC)CCCC.F.[F-].c1ccc([SiH](c2ccccc2)c2ccccc2)cc1. The highest BCUT2D eigenvalue weighted by Gasteiger charge is 2.24. The minimum absolute atomic E-state index is 0. The van der Waals surface area contributed by atoms with Gasteiger partial charge in [-0.2, -0.15) is 0 Å². The van der Waals surface area contributed by atoms with E-state index in [0.717, 1.165) is 0 Å². The van der Waals surface area contributed by atoms with E-state index in [9.17, 15) is 0 Å². The first kappa shape index (κ1) is 35.7. The van der Waals surface area contributed by atoms with E-state index in [1.165, 1.54) is 97.6 Å². The summed E-state index contributed by atoms with van der Waals surface area (Å²) in [5, 5.41) is 4.42. The molecule has 3 aromatic rings. The molecule has 0 amide bonds. The second kappa shape index (κ2) is 21.6. The van der Waals surface area contributed by atoms with Gasteiger partial charge in [0.15, 0.2) is 0 Å². The van der Waals surface area contributed by atoms with Crippen LogP contribution in [0.25, 0.3) is 0 Å². The van der Waals surface area contributed by atoms with Crippen molar-refractivity contribution in [1.82, 2.24) is 0 Å². The molecule has 0 fully saturated rings. The molecule has 0 aliphatic carbocycles. The number of unbranched alkanes of at least 4 members (excludes halogenated alkanes) is 4. The number of halogens is 2. The van der Waals surface area contributed by atoms with Crippen molar-refractivity contribution >= 4 is 24.4 Å². The molecule has 1 nitrogen and oxygen atoms in total. The highest BCUT2D eigenvalue weighted by atomic mass is 28.3. The fourth-order valence-corrected chi connectivity index (χ4v) is 8.13. The predicted molar refractivity (Wildman–Crippen MR) is 167 cm³/mol. The van der Waals surface area contributed by atoms with Gasteiger partial charge in [-0.05, 0) is 25.7 Å². The van der Waals surface area contributed by atoms with E-state index in [1.54, 1.807) is 0 Å². The molecule has 0 unspecified atom stereocenters. The van der Waals surface area contributed by atoms with E-state index >= 15 is 0 Å². The van der Waals surface area contributed by atoms with Gasteiger partial charge in [-0.3, -0.25) is 4.70 Å². The molecule has 0 aliphatic rings. The lowest BCUT2D eigenvalue weighted by Gasteiger charge is -2.39. The van der Waals surface area contributed by atoms with Crippen LogP contribution in [0.3, 0.4) is 0 Å². The first-order valence-electron chi connectivity index (χ1n) is 14.7. The number of hydrogen-bond donors (Lipinski definition) is 0. The van der Waals surface area contributed by atoms with Crippen LogP contribution in [0.5, 0.6) is 0 Å². The molecular weight excluding hydrogens is 488 g/mol. The maximum atomic E-state index is 2.33. The number of quaternary nitrogens is 1. The Hall–Kier alpha value is -2.30. The third kappa shape index (κ3) is 12.5. The summed E-state index contributed by atoms with van der Waals surface area (Å²) < 4.78 is 1.42. The number of rotatable bonds is 15. The van der Waals surface area contributed by atoms with E-state index in [2.05, 4.69) is 119 Å². The first-order chi connectivity index (χ1) is 17.7. The summed E-state index contributed by atoms with van der Waals surface area (Å²) in [7, 11) is -1.31. The van der Waals surface area contributed by atoms with Crippen molar-refractivity contribution in [2.24, 2.45) is 0 Å². The van der Waals surface area contributed by atoms with Crippen molar-refractivity contribution in [3.63, 3.8) is 0 Å². The van der Waals surface area contributed by atoms with Crippen molar-refractivity contribution in [1.29, 1.82) is 0 Å². The van der Waals surface area contributed by atoms with Crippen LogP contribution in [0, 0.1) is 0 Å². The lowest BCUT2D eigenvalue weighted by Crippen LogP contribution is -3.00. The maximum absolute atomic E-state index is 2.33. The molecule has 3 rings (SSSR count). The lowest BCUT2D eigenvalue weighted by molar-refractivity contribution is -0.929. The molecule has 212 valence electrons. The van der Waals surface area contributed by atoms with Crippen molar-refractivity contribution in [3.8, 4) is 0 Å². The van der Waals surface area contributed by atoms with E-state index in [1.807, 2.05) is 0 Å². The van der Waals surface area contributed by atoms with Gasteiger partial charge in [0.1, 0.15) is 8.80 Å². The van der Waals surface area contributed by atoms with Gasteiger partial charge in [0, 0.05) is 0 Å². The molecule has 0 aliphatic heterocycles. The topological polar surface area (TPSA) is 0 Å². The fourth-order valence-electron chi connectivity index (χ4n) is 5.16. The van der Waals surface area contributed by atoms with Gasteiger partial charge in [-0.15, -0.1) is 0 Å². The van der Waals surface area contributed by atoms with Crippen LogP contribution in [0.1, 0.15) is 79.1 Å². The van der Waals surface area contributed by atoms with Gasteiger partial charge in [0.2, 0.25) is 0 Å². The molecule has 0 heterocycles. The Morgan fingerprint density at radius 1 is 0.447 bits per heavy atom. The molecule has 0 bridgehead atoms. The minimum atomic E-state index is -1.31. The van der Waals surface area contributed by atoms with Crippen LogP contribution in [-0.2, 0) is 0 Å². The smallest absolute Gasteiger partial charge is 0.132 e. The monoisotopic (exact) mass is 541 g/mol. The average Bonchev–Trinajstić information content (AvgIpc) is 2.94. The molecule has 4 heteroatoms. The van der Waals surface area contributed by atoms with Gasteiger partial charge in [0.25, 0.3) is 0 Å². The summed E-state index contributed by atoms with van der Waals surface area (Å²) in [5.74, 6) is 0. The second-order valence-corrected chi connectivity index (χ2v) is 13.2. The van der Waals surface area contributed by atoms with Gasteiger partial charge >= 0.3 is 0 Å². The van der Waals surface area contributed by atoms with Crippen molar-refractivity contribution < 1.29 is 13.9 Å². The van der Waals surface area contributed by atoms with Crippen molar-refractivity contribution in [2.75, 3.05) is 26.2 Å². The molecule has 0 saturated carbocycles. The standard InChI is InChI=1S/C18H16Si.C16H36N.2FH/c1-4-10-16(11-5-1)19(17-12-6-2-7-13-17)18-14-8-3-9-15-18;1-5-9-13-17(14-10-6-2,15-11-7-3)16-12-8-4;;/h1-15,19H;5-16H2,1-4H3;2*1H/q;+1;;/p-1. The zero-order valence-corrected chi connectivity index (χ0v) is 25.6. The van der Waals surface area contributed by atoms with Crippen LogP contribution in [0.4, 0.5) is 4.70 Å². The third-order valence-electron chi connectivity index (χ3n) is 7.34. The normalized spacial score (nSPS) is 10.7. The highest BCUT2D eigenvalue weighted by Crippen LogP contribution is 2.16. The number of hydrogen-bond acceptors (Lipinski definition) is 0. The van der Waals surface area contributed by atoms with Crippen LogP contribution >= 0.6 is 0 Å². The number of nitrogens with zero attached hydrogens (tertiary/aromatic N) is 1. The molecule has 0 atom stereocenters. The first-order valence-corrected chi connectivity index (χ1v) is 16.4. The van der Waals surface area contributed by atoms with Gasteiger partial charge in [-0.1, -0.05) is 160 Å². The predicted octanol–water partition coefficient (Wildman–Crippen LogP) is 4.10. The molecule has 38 heavy (non-hydrogen) atoms. The van der Waals surface area contributed by atoms with Gasteiger partial charge in [0.05, 0.1) is 26.2 Å². The van der Waals surface area contributed by atoms with Crippen LogP contribution in [0.2, 0.25) is 0 Å². The maximum Gasteiger partial charge on any atom is 0.132 e. The zero-order valence-electron chi connectivity index (χ0n) is 24.5. The van der Waals surface area contributed by atoms with Gasteiger partial charge in [-0.25, -0.2) is 0 Å². The quantitative estimate of drug-likeness (QED) is 0.154. The highest BCUT2D eigenvalue weighted by molar-refractivity contribution is 6.95. The average molecular weight is 542 g/mol. The Morgan fingerprint density at radius 2 is 0.684 bits per heavy atom. The Bertz CT molecular complexity index is 774. The Kier molecular flexibility index (Phi) is 20.3. The molecule has 0 N–H and O–H groups in total. The molecule has 0 radical (unpaired) electrons. The Labute approximate surface area is 234 Å². The largest absolute Gasteiger partial charge is 1.00 e. The molecule has 0 spiro atoms. The summed E-state index contributed by atoms with van der Waals surface area (Å²) in [6.45, 7) is 15.0. The third-order valence-corrected chi connectivity index (χ3v) is 10.5. The summed E-state index contributed by atoms with van der Waals surface area (Å²) in [5.41, 5.74) is 0. The van der Waals surface area contributed by atoms with Crippen molar-refractivity contribution in [3.05, 3.63) is 91.0 Å². The van der Waals surface area contributed by atoms with Crippen LogP contribution < -0.4 is 20.3 Å². The summed E-state index contributed by atoms with van der Waals surface area (Å²) in [4.78, 5) is 0. The Morgan fingerprint density at radius 3 is 0.895 bits per heavy atom. The molecular formula is C34H53F2NSi. The van der Waals surface area contributed by atoms with Crippen LogP contribution in [-0.4, -0.2) is 39.5 Å². The zero-order chi connectivity index (χ0) is 25.9. The lowest BCUT2D eigenvalue weighted by atomic mass is 10.1. The van der Waals surface area contributed by atoms with E-state index in [0.29, 0.717) is 0 Å². The summed E-state index contributed by atoms with van der Waals surface area (Å²) in [6, 6.07) is 32.7. The van der Waals surface area contributed by atoms with E-state index < -0.39 is 8.80 Å². The second-order valence-electron chi connectivity index (χ2n) is 10.3. The summed E-state index contributed by atoms with van der Waals surface area (Å²) in [6.07, 6.45) is 11.1. The van der Waals surface area contributed by atoms with Gasteiger partial charge < -0.3 is 9.19 Å². The molecule has 0 aromatic heterocycles. The van der Waals surface area contributed by atoms with E-state index in [4.69, 9.17) is 0 Å². The minimum Gasteiger partial charge on any atom is -1.00 e. The molecule has 3 aromatic carbocycles. The van der Waals surface area contributed by atoms with Crippen molar-refractivity contribution in [2.45, 2.75) is 79.1 Å². The fraction of sp³-hybridized carbons (Fsp3) is 0.471.